The smallest absolute Gasteiger partial charge is 0.236 e. The molecule has 0 unspecified atom stereocenters. The third-order valence-electron chi connectivity index (χ3n) is 4.11. The molecule has 0 radical (unpaired) electrons. The molecule has 1 saturated heterocycles. The van der Waals surface area contributed by atoms with Crippen LogP contribution in [0.2, 0.25) is 0 Å². The number of sulfonamides is 1. The molecule has 1 fully saturated rings. The predicted molar refractivity (Wildman–Crippen MR) is 106 cm³/mol. The number of thiocarbonyl (C=S) groups is 1. The van der Waals surface area contributed by atoms with E-state index in [0.717, 1.165) is 11.3 Å². The fourth-order valence-corrected chi connectivity index (χ4v) is 4.08. The molecular formula is C18H21N3O3S2. The second kappa shape index (κ2) is 8.48. The highest BCUT2D eigenvalue weighted by atomic mass is 32.2. The van der Waals surface area contributed by atoms with E-state index >= 15 is 0 Å². The minimum atomic E-state index is -3.43. The van der Waals surface area contributed by atoms with Gasteiger partial charge in [0.25, 0.3) is 0 Å². The van der Waals surface area contributed by atoms with E-state index in [1.54, 1.807) is 12.3 Å². The van der Waals surface area contributed by atoms with E-state index in [-0.39, 0.29) is 0 Å². The topological polar surface area (TPSA) is 65.8 Å². The first-order chi connectivity index (χ1) is 12.5. The Morgan fingerprint density at radius 3 is 2.50 bits per heavy atom. The van der Waals surface area contributed by atoms with Crippen molar-refractivity contribution in [1.82, 2.24) is 14.5 Å². The van der Waals surface area contributed by atoms with Crippen molar-refractivity contribution in [3.63, 3.8) is 0 Å². The molecule has 2 aromatic rings. The Hall–Kier alpha value is -2.16. The van der Waals surface area contributed by atoms with E-state index in [1.807, 2.05) is 47.4 Å². The lowest BCUT2D eigenvalue weighted by atomic mass is 10.2. The summed E-state index contributed by atoms with van der Waals surface area (Å²) in [6.45, 7) is 2.45. The molecule has 6 nitrogen and oxygen atoms in total. The van der Waals surface area contributed by atoms with Gasteiger partial charge in [0.15, 0.2) is 5.11 Å². The normalized spacial score (nSPS) is 16.1. The van der Waals surface area contributed by atoms with Crippen LogP contribution in [0.15, 0.2) is 58.6 Å². The summed E-state index contributed by atoms with van der Waals surface area (Å²) < 4.78 is 31.7. The number of furan rings is 1. The Kier molecular flexibility index (Phi) is 6.08. The molecule has 1 N–H and O–H groups in total. The number of hydrogen-bond donors (Lipinski definition) is 1. The molecule has 1 aliphatic heterocycles. The van der Waals surface area contributed by atoms with Crippen molar-refractivity contribution >= 4 is 33.4 Å². The maximum absolute atomic E-state index is 12.5. The average molecular weight is 392 g/mol. The van der Waals surface area contributed by atoms with Crippen molar-refractivity contribution in [2.24, 2.45) is 0 Å². The van der Waals surface area contributed by atoms with Gasteiger partial charge in [-0.1, -0.05) is 30.3 Å². The summed E-state index contributed by atoms with van der Waals surface area (Å²) in [5.41, 5.74) is 0.859. The minimum Gasteiger partial charge on any atom is -0.467 e. The number of nitrogens with zero attached hydrogens (tertiary/aromatic N) is 2. The Labute approximate surface area is 159 Å². The lowest BCUT2D eigenvalue weighted by molar-refractivity contribution is 0.265. The number of benzene rings is 1. The zero-order valence-corrected chi connectivity index (χ0v) is 15.9. The molecule has 0 aliphatic carbocycles. The van der Waals surface area contributed by atoms with Crippen LogP contribution in [0.4, 0.5) is 0 Å². The molecule has 138 valence electrons. The van der Waals surface area contributed by atoms with Crippen molar-refractivity contribution in [2.45, 2.75) is 6.54 Å². The lowest BCUT2D eigenvalue weighted by Gasteiger charge is -2.34. The molecule has 3 rings (SSSR count). The molecule has 0 atom stereocenters. The zero-order valence-electron chi connectivity index (χ0n) is 14.2. The Bertz CT molecular complexity index is 841. The maximum atomic E-state index is 12.5. The molecule has 0 saturated carbocycles. The van der Waals surface area contributed by atoms with Gasteiger partial charge in [-0.2, -0.15) is 4.31 Å². The number of piperazine rings is 1. The highest BCUT2D eigenvalue weighted by molar-refractivity contribution is 7.92. The van der Waals surface area contributed by atoms with E-state index in [0.29, 0.717) is 37.8 Å². The van der Waals surface area contributed by atoms with Crippen molar-refractivity contribution in [3.8, 4) is 0 Å². The second-order valence-corrected chi connectivity index (χ2v) is 8.09. The summed E-state index contributed by atoms with van der Waals surface area (Å²) in [5.74, 6) is 0.805. The average Bonchev–Trinajstić information content (AvgIpc) is 3.19. The van der Waals surface area contributed by atoms with Crippen LogP contribution in [0, 0.1) is 0 Å². The first kappa shape index (κ1) is 18.6. The van der Waals surface area contributed by atoms with E-state index in [9.17, 15) is 8.42 Å². The molecule has 8 heteroatoms. The first-order valence-electron chi connectivity index (χ1n) is 8.33. The number of rotatable bonds is 5. The van der Waals surface area contributed by atoms with Gasteiger partial charge in [-0.25, -0.2) is 8.42 Å². The minimum absolute atomic E-state index is 0.407. The SMILES string of the molecule is O=S(=O)(/C=C/c1ccccc1)N1CCN(C(=S)NCc2ccco2)CC1. The highest BCUT2D eigenvalue weighted by Gasteiger charge is 2.26. The summed E-state index contributed by atoms with van der Waals surface area (Å²) in [5, 5.41) is 5.02. The summed E-state index contributed by atoms with van der Waals surface area (Å²) >= 11 is 5.39. The standard InChI is InChI=1S/C18H21N3O3S2/c22-26(23,14-8-16-5-2-1-3-6-16)21-11-9-20(10-12-21)18(25)19-15-17-7-4-13-24-17/h1-8,13-14H,9-12,15H2,(H,19,25)/b14-8+. The second-order valence-electron chi connectivity index (χ2n) is 5.88. The van der Waals surface area contributed by atoms with Crippen LogP contribution in [0.1, 0.15) is 11.3 Å². The lowest BCUT2D eigenvalue weighted by Crippen LogP contribution is -2.52. The summed E-state index contributed by atoms with van der Waals surface area (Å²) in [4.78, 5) is 1.98. The van der Waals surface area contributed by atoms with Gasteiger partial charge in [0.2, 0.25) is 10.0 Å². The van der Waals surface area contributed by atoms with Crippen molar-refractivity contribution < 1.29 is 12.8 Å². The first-order valence-corrected chi connectivity index (χ1v) is 10.2. The molecule has 1 aromatic carbocycles. The Morgan fingerprint density at radius 2 is 1.85 bits per heavy atom. The van der Waals surface area contributed by atoms with Gasteiger partial charge < -0.3 is 14.6 Å². The molecule has 0 bridgehead atoms. The van der Waals surface area contributed by atoms with E-state index in [2.05, 4.69) is 5.32 Å². The molecular weight excluding hydrogens is 370 g/mol. The third-order valence-corrected chi connectivity index (χ3v) is 6.08. The van der Waals surface area contributed by atoms with E-state index in [4.69, 9.17) is 16.6 Å². The van der Waals surface area contributed by atoms with Gasteiger partial charge in [0, 0.05) is 31.6 Å². The fraction of sp³-hybridized carbons (Fsp3) is 0.278. The summed E-state index contributed by atoms with van der Waals surface area (Å²) in [6.07, 6.45) is 3.24. The predicted octanol–water partition coefficient (Wildman–Crippen LogP) is 2.27. The monoisotopic (exact) mass is 391 g/mol. The Morgan fingerprint density at radius 1 is 1.12 bits per heavy atom. The highest BCUT2D eigenvalue weighted by Crippen LogP contribution is 2.12. The van der Waals surface area contributed by atoms with Gasteiger partial charge in [0.05, 0.1) is 12.8 Å². The molecule has 1 aromatic heterocycles. The van der Waals surface area contributed by atoms with Crippen LogP contribution in [0.5, 0.6) is 0 Å². The van der Waals surface area contributed by atoms with Crippen LogP contribution >= 0.6 is 12.2 Å². The quantitative estimate of drug-likeness (QED) is 0.789. The van der Waals surface area contributed by atoms with Gasteiger partial charge in [-0.05, 0) is 36.0 Å². The van der Waals surface area contributed by atoms with Crippen molar-refractivity contribution in [3.05, 3.63) is 65.5 Å². The van der Waals surface area contributed by atoms with Gasteiger partial charge >= 0.3 is 0 Å². The van der Waals surface area contributed by atoms with Crippen LogP contribution in [0.3, 0.4) is 0 Å². The Balaban J connectivity index is 1.50. The summed E-state index contributed by atoms with van der Waals surface area (Å²) in [6, 6.07) is 13.1. The van der Waals surface area contributed by atoms with Gasteiger partial charge in [-0.15, -0.1) is 0 Å². The van der Waals surface area contributed by atoms with Crippen molar-refractivity contribution in [2.75, 3.05) is 26.2 Å². The largest absolute Gasteiger partial charge is 0.467 e. The van der Waals surface area contributed by atoms with E-state index in [1.165, 1.54) is 9.71 Å². The van der Waals surface area contributed by atoms with Crippen LogP contribution < -0.4 is 5.32 Å². The number of nitrogens with one attached hydrogen (secondary N) is 1. The van der Waals surface area contributed by atoms with Crippen LogP contribution in [0.25, 0.3) is 6.08 Å². The molecule has 0 spiro atoms. The van der Waals surface area contributed by atoms with Crippen LogP contribution in [-0.2, 0) is 16.6 Å². The van der Waals surface area contributed by atoms with Gasteiger partial charge in [-0.3, -0.25) is 0 Å². The molecule has 0 amide bonds. The van der Waals surface area contributed by atoms with Gasteiger partial charge in [0.1, 0.15) is 5.76 Å². The number of hydrogen-bond acceptors (Lipinski definition) is 4. The summed E-state index contributed by atoms with van der Waals surface area (Å²) in [7, 11) is -3.43. The molecule has 2 heterocycles. The maximum Gasteiger partial charge on any atom is 0.236 e. The molecule has 1 aliphatic rings. The fourth-order valence-electron chi connectivity index (χ4n) is 2.65. The van der Waals surface area contributed by atoms with Crippen molar-refractivity contribution in [1.29, 1.82) is 0 Å². The third kappa shape index (κ3) is 4.94. The van der Waals surface area contributed by atoms with Crippen LogP contribution in [-0.4, -0.2) is 48.9 Å². The van der Waals surface area contributed by atoms with E-state index < -0.39 is 10.0 Å². The molecule has 26 heavy (non-hydrogen) atoms. The zero-order chi connectivity index (χ0) is 18.4.